The van der Waals surface area contributed by atoms with Crippen LogP contribution in [0.3, 0.4) is 0 Å². The third-order valence-electron chi connectivity index (χ3n) is 1.67. The third kappa shape index (κ3) is 3.55. The number of para-hydroxylation sites is 1. The van der Waals surface area contributed by atoms with Crippen molar-refractivity contribution in [3.63, 3.8) is 0 Å². The fourth-order valence-corrected chi connectivity index (χ4v) is 1.17. The van der Waals surface area contributed by atoms with E-state index in [1.807, 2.05) is 0 Å². The number of benzene rings is 1. The Morgan fingerprint density at radius 3 is 2.62 bits per heavy atom. The zero-order valence-corrected chi connectivity index (χ0v) is 9.49. The monoisotopic (exact) mass is 242 g/mol. The Kier molecular flexibility index (Phi) is 4.79. The van der Waals surface area contributed by atoms with Gasteiger partial charge in [-0.05, 0) is 12.1 Å². The van der Waals surface area contributed by atoms with E-state index in [2.05, 4.69) is 0 Å². The molecule has 16 heavy (non-hydrogen) atoms. The molecule has 0 N–H and O–H groups in total. The lowest BCUT2D eigenvalue weighted by Gasteiger charge is -2.07. The van der Waals surface area contributed by atoms with Gasteiger partial charge in [0, 0.05) is 6.92 Å². The number of rotatable bonds is 4. The maximum absolute atomic E-state index is 11.5. The number of alkyl halides is 1. The van der Waals surface area contributed by atoms with E-state index in [9.17, 15) is 9.59 Å². The fourth-order valence-electron chi connectivity index (χ4n) is 1.09. The van der Waals surface area contributed by atoms with E-state index in [4.69, 9.17) is 21.1 Å². The van der Waals surface area contributed by atoms with E-state index >= 15 is 0 Å². The van der Waals surface area contributed by atoms with Crippen molar-refractivity contribution in [1.29, 1.82) is 0 Å². The molecule has 0 aliphatic carbocycles. The highest BCUT2D eigenvalue weighted by atomic mass is 35.5. The molecule has 0 saturated heterocycles. The van der Waals surface area contributed by atoms with Crippen LogP contribution < -0.4 is 4.74 Å². The summed E-state index contributed by atoms with van der Waals surface area (Å²) in [6, 6.07) is 6.37. The zero-order chi connectivity index (χ0) is 12.0. The zero-order valence-electron chi connectivity index (χ0n) is 8.73. The van der Waals surface area contributed by atoms with Crippen LogP contribution in [0.2, 0.25) is 0 Å². The number of ether oxygens (including phenoxy) is 2. The van der Waals surface area contributed by atoms with Gasteiger partial charge in [0.2, 0.25) is 0 Å². The highest BCUT2D eigenvalue weighted by molar-refractivity contribution is 6.18. The van der Waals surface area contributed by atoms with E-state index in [-0.39, 0.29) is 23.8 Å². The Morgan fingerprint density at radius 1 is 1.31 bits per heavy atom. The smallest absolute Gasteiger partial charge is 0.341 e. The van der Waals surface area contributed by atoms with Gasteiger partial charge in [-0.25, -0.2) is 4.79 Å². The first-order valence-corrected chi connectivity index (χ1v) is 5.19. The molecule has 0 aromatic heterocycles. The average molecular weight is 243 g/mol. The summed E-state index contributed by atoms with van der Waals surface area (Å²) in [6.07, 6.45) is 0. The standard InChI is InChI=1S/C11H11ClO4/c1-8(13)16-10-5-3-2-4-9(10)11(14)15-7-6-12/h2-5H,6-7H2,1H3. The van der Waals surface area contributed by atoms with E-state index in [1.54, 1.807) is 12.1 Å². The molecule has 0 heterocycles. The van der Waals surface area contributed by atoms with Gasteiger partial charge in [0.15, 0.2) is 0 Å². The Bertz CT molecular complexity index is 389. The fraction of sp³-hybridized carbons (Fsp3) is 0.273. The largest absolute Gasteiger partial charge is 0.461 e. The summed E-state index contributed by atoms with van der Waals surface area (Å²) in [5, 5.41) is 0. The maximum atomic E-state index is 11.5. The minimum atomic E-state index is -0.558. The van der Waals surface area contributed by atoms with Gasteiger partial charge in [0.1, 0.15) is 17.9 Å². The number of halogens is 1. The number of hydrogen-bond donors (Lipinski definition) is 0. The van der Waals surface area contributed by atoms with Gasteiger partial charge in [-0.2, -0.15) is 0 Å². The Morgan fingerprint density at radius 2 is 2.00 bits per heavy atom. The highest BCUT2D eigenvalue weighted by Gasteiger charge is 2.14. The van der Waals surface area contributed by atoms with Gasteiger partial charge in [-0.15, -0.1) is 11.6 Å². The van der Waals surface area contributed by atoms with E-state index in [0.717, 1.165) is 0 Å². The maximum Gasteiger partial charge on any atom is 0.341 e. The molecule has 5 heteroatoms. The molecule has 0 fully saturated rings. The molecule has 0 atom stereocenters. The second-order valence-corrected chi connectivity index (χ2v) is 3.29. The normalized spacial score (nSPS) is 9.62. The van der Waals surface area contributed by atoms with Crippen molar-refractivity contribution >= 4 is 23.5 Å². The molecule has 4 nitrogen and oxygen atoms in total. The second-order valence-electron chi connectivity index (χ2n) is 2.91. The summed E-state index contributed by atoms with van der Waals surface area (Å²) < 4.78 is 9.71. The molecule has 86 valence electrons. The summed E-state index contributed by atoms with van der Waals surface area (Å²) in [4.78, 5) is 22.3. The number of carbonyl (C=O) groups excluding carboxylic acids is 2. The van der Waals surface area contributed by atoms with Crippen LogP contribution in [0, 0.1) is 0 Å². The van der Waals surface area contributed by atoms with E-state index in [0.29, 0.717) is 0 Å². The lowest BCUT2D eigenvalue weighted by atomic mass is 10.2. The molecule has 0 amide bonds. The van der Waals surface area contributed by atoms with Gasteiger partial charge < -0.3 is 9.47 Å². The minimum absolute atomic E-state index is 0.120. The Labute approximate surface area is 98.1 Å². The lowest BCUT2D eigenvalue weighted by Crippen LogP contribution is -2.11. The Hall–Kier alpha value is -1.55. The van der Waals surface area contributed by atoms with Gasteiger partial charge >= 0.3 is 11.9 Å². The minimum Gasteiger partial charge on any atom is -0.461 e. The van der Waals surface area contributed by atoms with Crippen molar-refractivity contribution in [3.05, 3.63) is 29.8 Å². The van der Waals surface area contributed by atoms with Crippen LogP contribution in [0.25, 0.3) is 0 Å². The number of esters is 2. The summed E-state index contributed by atoms with van der Waals surface area (Å²) in [6.45, 7) is 1.38. The van der Waals surface area contributed by atoms with Crippen LogP contribution in [0.5, 0.6) is 5.75 Å². The summed E-state index contributed by atoms with van der Waals surface area (Å²) in [5.41, 5.74) is 0.211. The van der Waals surface area contributed by atoms with Crippen LogP contribution in [-0.2, 0) is 9.53 Å². The van der Waals surface area contributed by atoms with Gasteiger partial charge in [-0.1, -0.05) is 12.1 Å². The average Bonchev–Trinajstić information content (AvgIpc) is 2.26. The number of hydrogen-bond acceptors (Lipinski definition) is 4. The van der Waals surface area contributed by atoms with Crippen molar-refractivity contribution < 1.29 is 19.1 Å². The van der Waals surface area contributed by atoms with Crippen LogP contribution in [0.15, 0.2) is 24.3 Å². The molecule has 1 aromatic rings. The Balaban J connectivity index is 2.85. The molecular weight excluding hydrogens is 232 g/mol. The highest BCUT2D eigenvalue weighted by Crippen LogP contribution is 2.19. The van der Waals surface area contributed by atoms with Crippen molar-refractivity contribution in [2.24, 2.45) is 0 Å². The quantitative estimate of drug-likeness (QED) is 0.460. The first-order chi connectivity index (χ1) is 7.65. The first-order valence-electron chi connectivity index (χ1n) is 4.65. The van der Waals surface area contributed by atoms with Gasteiger partial charge in [0.05, 0.1) is 5.88 Å². The van der Waals surface area contributed by atoms with Gasteiger partial charge in [0.25, 0.3) is 0 Å². The molecular formula is C11H11ClO4. The lowest BCUT2D eigenvalue weighted by molar-refractivity contribution is -0.131. The predicted molar refractivity (Wildman–Crippen MR) is 58.8 cm³/mol. The van der Waals surface area contributed by atoms with E-state index < -0.39 is 11.9 Å². The van der Waals surface area contributed by atoms with Crippen molar-refractivity contribution in [1.82, 2.24) is 0 Å². The van der Waals surface area contributed by atoms with E-state index in [1.165, 1.54) is 19.1 Å². The summed E-state index contributed by atoms with van der Waals surface area (Å²) >= 11 is 5.39. The van der Waals surface area contributed by atoms with Crippen LogP contribution >= 0.6 is 11.6 Å². The second kappa shape index (κ2) is 6.12. The van der Waals surface area contributed by atoms with Crippen LogP contribution in [0.4, 0.5) is 0 Å². The molecule has 0 spiro atoms. The van der Waals surface area contributed by atoms with Crippen LogP contribution in [-0.4, -0.2) is 24.4 Å². The molecule has 0 unspecified atom stereocenters. The molecule has 0 aliphatic rings. The van der Waals surface area contributed by atoms with Crippen LogP contribution in [0.1, 0.15) is 17.3 Å². The van der Waals surface area contributed by atoms with Crippen molar-refractivity contribution in [2.45, 2.75) is 6.92 Å². The molecule has 0 bridgehead atoms. The molecule has 0 saturated carbocycles. The third-order valence-corrected chi connectivity index (χ3v) is 1.83. The predicted octanol–water partition coefficient (Wildman–Crippen LogP) is 2.01. The van der Waals surface area contributed by atoms with Gasteiger partial charge in [-0.3, -0.25) is 4.79 Å². The molecule has 0 radical (unpaired) electrons. The summed E-state index contributed by atoms with van der Waals surface area (Å²) in [5.74, 6) is -0.633. The summed E-state index contributed by atoms with van der Waals surface area (Å²) in [7, 11) is 0. The van der Waals surface area contributed by atoms with Crippen molar-refractivity contribution in [3.8, 4) is 5.75 Å². The van der Waals surface area contributed by atoms with Crippen molar-refractivity contribution in [2.75, 3.05) is 12.5 Å². The SMILES string of the molecule is CC(=O)Oc1ccccc1C(=O)OCCCl. The molecule has 0 aliphatic heterocycles. The topological polar surface area (TPSA) is 52.6 Å². The number of carbonyl (C=O) groups is 2. The molecule has 1 rings (SSSR count). The first kappa shape index (κ1) is 12.5. The molecule has 1 aromatic carbocycles.